The highest BCUT2D eigenvalue weighted by molar-refractivity contribution is 5.74. The summed E-state index contributed by atoms with van der Waals surface area (Å²) in [5, 5.41) is 12.3. The van der Waals surface area contributed by atoms with Crippen LogP contribution in [0.25, 0.3) is 0 Å². The van der Waals surface area contributed by atoms with Gasteiger partial charge in [0.25, 0.3) is 0 Å². The highest BCUT2D eigenvalue weighted by Crippen LogP contribution is 2.35. The Morgan fingerprint density at radius 1 is 1.32 bits per heavy atom. The summed E-state index contributed by atoms with van der Waals surface area (Å²) < 4.78 is 11.6. The lowest BCUT2D eigenvalue weighted by Gasteiger charge is -2.23. The summed E-state index contributed by atoms with van der Waals surface area (Å²) in [5.41, 5.74) is 3.03. The number of aliphatic hydroxyl groups is 1. The van der Waals surface area contributed by atoms with Crippen molar-refractivity contribution in [2.75, 3.05) is 19.8 Å². The number of carbonyl (C=O) groups excluding carboxylic acids is 1. The van der Waals surface area contributed by atoms with Gasteiger partial charge in [0.05, 0.1) is 13.2 Å². The third-order valence-electron chi connectivity index (χ3n) is 4.68. The predicted octanol–water partition coefficient (Wildman–Crippen LogP) is 3.11. The predicted molar refractivity (Wildman–Crippen MR) is 108 cm³/mol. The summed E-state index contributed by atoms with van der Waals surface area (Å²) >= 11 is 0. The summed E-state index contributed by atoms with van der Waals surface area (Å²) in [6.45, 7) is 5.49. The minimum Gasteiger partial charge on any atom is -0.494 e. The van der Waals surface area contributed by atoms with Crippen LogP contribution in [0.5, 0.6) is 11.5 Å². The molecule has 0 saturated carbocycles. The lowest BCUT2D eigenvalue weighted by molar-refractivity contribution is 0.173. The number of benzene rings is 2. The zero-order valence-electron chi connectivity index (χ0n) is 16.5. The second-order valence-electron chi connectivity index (χ2n) is 6.92. The van der Waals surface area contributed by atoms with E-state index >= 15 is 0 Å². The van der Waals surface area contributed by atoms with Gasteiger partial charge in [0.15, 0.2) is 0 Å². The van der Waals surface area contributed by atoms with Crippen molar-refractivity contribution in [2.45, 2.75) is 39.5 Å². The van der Waals surface area contributed by atoms with Gasteiger partial charge in [-0.05, 0) is 31.5 Å². The molecule has 150 valence electrons. The summed E-state index contributed by atoms with van der Waals surface area (Å²) in [4.78, 5) is 14.3. The number of hydrogen-bond acceptors (Lipinski definition) is 4. The van der Waals surface area contributed by atoms with E-state index in [9.17, 15) is 9.90 Å². The molecule has 3 rings (SSSR count). The quantitative estimate of drug-likeness (QED) is 0.734. The van der Waals surface area contributed by atoms with Crippen molar-refractivity contribution in [2.24, 2.45) is 0 Å². The Hall–Kier alpha value is -2.73. The first-order valence-corrected chi connectivity index (χ1v) is 9.73. The number of ether oxygens (including phenoxy) is 2. The van der Waals surface area contributed by atoms with Gasteiger partial charge in [-0.1, -0.05) is 30.3 Å². The number of amides is 2. The Morgan fingerprint density at radius 2 is 2.11 bits per heavy atom. The normalized spacial score (nSPS) is 14.9. The number of fused-ring (bicyclic) bond motifs is 1. The van der Waals surface area contributed by atoms with Crippen LogP contribution >= 0.6 is 0 Å². The zero-order valence-corrected chi connectivity index (χ0v) is 16.5. The number of nitrogens with zero attached hydrogens (tertiary/aromatic N) is 1. The van der Waals surface area contributed by atoms with Crippen molar-refractivity contribution in [1.29, 1.82) is 0 Å². The second kappa shape index (κ2) is 9.46. The first-order valence-electron chi connectivity index (χ1n) is 9.73. The maximum atomic E-state index is 12.7. The molecule has 1 aliphatic rings. The van der Waals surface area contributed by atoms with Gasteiger partial charge in [0.2, 0.25) is 0 Å². The van der Waals surface area contributed by atoms with Gasteiger partial charge in [0, 0.05) is 37.2 Å². The maximum absolute atomic E-state index is 12.7. The number of rotatable bonds is 8. The Kier molecular flexibility index (Phi) is 6.76. The van der Waals surface area contributed by atoms with Crippen LogP contribution in [-0.2, 0) is 19.5 Å². The van der Waals surface area contributed by atoms with Crippen LogP contribution < -0.4 is 14.8 Å². The molecule has 2 amide bonds. The highest BCUT2D eigenvalue weighted by Gasteiger charge is 2.22. The molecule has 2 aromatic rings. The first kappa shape index (κ1) is 20.0. The van der Waals surface area contributed by atoms with Crippen molar-refractivity contribution in [3.63, 3.8) is 0 Å². The topological polar surface area (TPSA) is 71.0 Å². The molecule has 0 radical (unpaired) electrons. The van der Waals surface area contributed by atoms with Crippen LogP contribution in [0.3, 0.4) is 0 Å². The molecule has 1 atom stereocenters. The van der Waals surface area contributed by atoms with Gasteiger partial charge in [-0.15, -0.1) is 0 Å². The number of carbonyl (C=O) groups is 1. The second-order valence-corrected chi connectivity index (χ2v) is 6.92. The van der Waals surface area contributed by atoms with Crippen LogP contribution in [0.15, 0.2) is 42.5 Å². The molecule has 6 nitrogen and oxygen atoms in total. The monoisotopic (exact) mass is 384 g/mol. The summed E-state index contributed by atoms with van der Waals surface area (Å²) in [7, 11) is 0. The molecule has 2 aromatic carbocycles. The van der Waals surface area contributed by atoms with Crippen molar-refractivity contribution < 1.29 is 19.4 Å². The molecular formula is C22H28N2O4. The minimum atomic E-state index is -0.227. The molecule has 0 aromatic heterocycles. The maximum Gasteiger partial charge on any atom is 0.318 e. The lowest BCUT2D eigenvalue weighted by Crippen LogP contribution is -2.40. The van der Waals surface area contributed by atoms with E-state index in [1.165, 1.54) is 0 Å². The summed E-state index contributed by atoms with van der Waals surface area (Å²) in [5.74, 6) is 1.63. The molecule has 0 aliphatic carbocycles. The Morgan fingerprint density at radius 3 is 2.82 bits per heavy atom. The highest BCUT2D eigenvalue weighted by atomic mass is 16.5. The Bertz CT molecular complexity index is 795. The first-order chi connectivity index (χ1) is 13.6. The minimum absolute atomic E-state index is 0.0883. The number of hydrogen-bond donors (Lipinski definition) is 2. The Labute approximate surface area is 166 Å². The fourth-order valence-corrected chi connectivity index (χ4v) is 3.37. The van der Waals surface area contributed by atoms with Gasteiger partial charge >= 0.3 is 6.03 Å². The molecule has 1 heterocycles. The molecule has 1 unspecified atom stereocenters. The average Bonchev–Trinajstić information content (AvgIpc) is 3.05. The number of aliphatic hydroxyl groups excluding tert-OH is 1. The zero-order chi connectivity index (χ0) is 19.9. The van der Waals surface area contributed by atoms with E-state index in [0.717, 1.165) is 34.6 Å². The summed E-state index contributed by atoms with van der Waals surface area (Å²) in [6.07, 6.45) is 1.02. The number of urea groups is 1. The van der Waals surface area contributed by atoms with Crippen LogP contribution in [0.1, 0.15) is 30.5 Å². The standard InChI is InChI=1S/C22H28N2O4/c1-3-27-20-12-18-11-16(2)28-21(18)13-19(20)14-23-22(26)24(9-10-25)15-17-7-5-4-6-8-17/h4-8,12-13,16,25H,3,9-11,14-15H2,1-2H3,(H,23,26). The fraction of sp³-hybridized carbons (Fsp3) is 0.409. The van der Waals surface area contributed by atoms with Gasteiger partial charge < -0.3 is 24.8 Å². The lowest BCUT2D eigenvalue weighted by atomic mass is 10.1. The van der Waals surface area contributed by atoms with E-state index in [1.54, 1.807) is 4.90 Å². The van der Waals surface area contributed by atoms with Crippen molar-refractivity contribution >= 4 is 6.03 Å². The van der Waals surface area contributed by atoms with Crippen molar-refractivity contribution in [3.05, 3.63) is 59.2 Å². The molecule has 0 saturated heterocycles. The van der Waals surface area contributed by atoms with E-state index in [2.05, 4.69) is 5.32 Å². The summed E-state index contributed by atoms with van der Waals surface area (Å²) in [6, 6.07) is 13.5. The van der Waals surface area contributed by atoms with E-state index in [1.807, 2.05) is 56.3 Å². The SMILES string of the molecule is CCOc1cc2c(cc1CNC(=O)N(CCO)Cc1ccccc1)OC(C)C2. The van der Waals surface area contributed by atoms with Gasteiger partial charge in [-0.2, -0.15) is 0 Å². The van der Waals surface area contributed by atoms with E-state index in [4.69, 9.17) is 9.47 Å². The van der Waals surface area contributed by atoms with Crippen LogP contribution in [0.2, 0.25) is 0 Å². The molecular weight excluding hydrogens is 356 g/mol. The third kappa shape index (κ3) is 4.95. The Balaban J connectivity index is 1.69. The molecule has 0 fully saturated rings. The molecule has 0 bridgehead atoms. The van der Waals surface area contributed by atoms with Crippen LogP contribution in [0, 0.1) is 0 Å². The smallest absolute Gasteiger partial charge is 0.318 e. The molecule has 2 N–H and O–H groups in total. The van der Waals surface area contributed by atoms with E-state index in [-0.39, 0.29) is 25.3 Å². The third-order valence-corrected chi connectivity index (χ3v) is 4.68. The van der Waals surface area contributed by atoms with Crippen LogP contribution in [-0.4, -0.2) is 41.9 Å². The molecule has 0 spiro atoms. The molecule has 28 heavy (non-hydrogen) atoms. The van der Waals surface area contributed by atoms with Crippen LogP contribution in [0.4, 0.5) is 4.79 Å². The van der Waals surface area contributed by atoms with E-state index in [0.29, 0.717) is 19.7 Å². The fourth-order valence-electron chi connectivity index (χ4n) is 3.37. The van der Waals surface area contributed by atoms with E-state index < -0.39 is 0 Å². The molecule has 1 aliphatic heterocycles. The largest absolute Gasteiger partial charge is 0.494 e. The van der Waals surface area contributed by atoms with Crippen molar-refractivity contribution in [1.82, 2.24) is 10.2 Å². The van der Waals surface area contributed by atoms with Crippen molar-refractivity contribution in [3.8, 4) is 11.5 Å². The number of nitrogens with one attached hydrogen (secondary N) is 1. The average molecular weight is 384 g/mol. The molecule has 6 heteroatoms. The van der Waals surface area contributed by atoms with Gasteiger partial charge in [-0.3, -0.25) is 0 Å². The van der Waals surface area contributed by atoms with Gasteiger partial charge in [0.1, 0.15) is 17.6 Å². The van der Waals surface area contributed by atoms with Gasteiger partial charge in [-0.25, -0.2) is 4.79 Å².